The minimum Gasteiger partial charge on any atom is -0.496 e. The largest absolute Gasteiger partial charge is 0.496 e. The van der Waals surface area contributed by atoms with E-state index in [0.29, 0.717) is 6.42 Å². The molecule has 0 N–H and O–H groups in total. The van der Waals surface area contributed by atoms with Gasteiger partial charge in [-0.3, -0.25) is 4.79 Å². The second-order valence-electron chi connectivity index (χ2n) is 4.26. The summed E-state index contributed by atoms with van der Waals surface area (Å²) in [5, 5.41) is 0. The average molecular weight is 220 g/mol. The van der Waals surface area contributed by atoms with Gasteiger partial charge < -0.3 is 9.47 Å². The smallest absolute Gasteiger partial charge is 0.312 e. The molecule has 86 valence electrons. The third-order valence-electron chi connectivity index (χ3n) is 3.19. The molecule has 3 nitrogen and oxygen atoms in total. The minimum atomic E-state index is -0.288. The van der Waals surface area contributed by atoms with Gasteiger partial charge in [-0.05, 0) is 30.9 Å². The summed E-state index contributed by atoms with van der Waals surface area (Å²) in [7, 11) is 3.10. The van der Waals surface area contributed by atoms with Crippen molar-refractivity contribution in [1.29, 1.82) is 0 Å². The zero-order valence-electron chi connectivity index (χ0n) is 9.66. The maximum Gasteiger partial charge on any atom is 0.312 e. The number of rotatable bonds is 4. The molecule has 0 saturated heterocycles. The summed E-state index contributed by atoms with van der Waals surface area (Å²) in [6, 6.07) is 7.82. The number of carbonyl (C=O) groups excluding carboxylic acids is 1. The van der Waals surface area contributed by atoms with Gasteiger partial charge in [-0.1, -0.05) is 18.2 Å². The van der Waals surface area contributed by atoms with Crippen LogP contribution in [0.1, 0.15) is 18.4 Å². The number of esters is 1. The fraction of sp³-hybridized carbons (Fsp3) is 0.462. The Kier molecular flexibility index (Phi) is 2.86. The van der Waals surface area contributed by atoms with Crippen LogP contribution in [0.15, 0.2) is 24.3 Å². The molecule has 1 aliphatic rings. The number of para-hydroxylation sites is 1. The van der Waals surface area contributed by atoms with Crippen molar-refractivity contribution < 1.29 is 14.3 Å². The molecule has 0 aromatic heterocycles. The van der Waals surface area contributed by atoms with Gasteiger partial charge in [0.1, 0.15) is 5.75 Å². The van der Waals surface area contributed by atoms with Gasteiger partial charge in [0.2, 0.25) is 0 Å². The van der Waals surface area contributed by atoms with Gasteiger partial charge in [0.05, 0.1) is 19.6 Å². The second kappa shape index (κ2) is 4.16. The number of benzene rings is 1. The van der Waals surface area contributed by atoms with E-state index in [2.05, 4.69) is 0 Å². The molecule has 0 bridgehead atoms. The quantitative estimate of drug-likeness (QED) is 0.730. The Hall–Kier alpha value is -1.51. The predicted octanol–water partition coefficient (Wildman–Crippen LogP) is 2.19. The molecule has 0 aliphatic heterocycles. The highest BCUT2D eigenvalue weighted by Gasteiger charge is 2.51. The van der Waals surface area contributed by atoms with Gasteiger partial charge in [-0.2, -0.15) is 0 Å². The summed E-state index contributed by atoms with van der Waals surface area (Å²) in [4.78, 5) is 11.6. The predicted molar refractivity (Wildman–Crippen MR) is 60.4 cm³/mol. The second-order valence-corrected chi connectivity index (χ2v) is 4.26. The average Bonchev–Trinajstić information content (AvgIpc) is 3.10. The Bertz CT molecular complexity index is 394. The molecule has 0 spiro atoms. The van der Waals surface area contributed by atoms with E-state index in [-0.39, 0.29) is 11.4 Å². The van der Waals surface area contributed by atoms with Gasteiger partial charge in [-0.25, -0.2) is 0 Å². The Morgan fingerprint density at radius 3 is 2.56 bits per heavy atom. The SMILES string of the molecule is COC(=O)C1(Cc2ccccc2OC)CC1. The van der Waals surface area contributed by atoms with Gasteiger partial charge in [-0.15, -0.1) is 0 Å². The molecule has 0 atom stereocenters. The lowest BCUT2D eigenvalue weighted by Gasteiger charge is -2.14. The topological polar surface area (TPSA) is 35.5 Å². The normalized spacial score (nSPS) is 16.6. The molecule has 0 amide bonds. The van der Waals surface area contributed by atoms with Crippen LogP contribution in [-0.4, -0.2) is 20.2 Å². The van der Waals surface area contributed by atoms with Crippen LogP contribution >= 0.6 is 0 Å². The van der Waals surface area contributed by atoms with Crippen molar-refractivity contribution >= 4 is 5.97 Å². The highest BCUT2D eigenvalue weighted by Crippen LogP contribution is 2.50. The van der Waals surface area contributed by atoms with Crippen molar-refractivity contribution in [3.8, 4) is 5.75 Å². The lowest BCUT2D eigenvalue weighted by atomic mass is 9.96. The first-order valence-electron chi connectivity index (χ1n) is 5.42. The van der Waals surface area contributed by atoms with Crippen LogP contribution in [0.2, 0.25) is 0 Å². The van der Waals surface area contributed by atoms with Crippen LogP contribution < -0.4 is 4.74 Å². The molecule has 1 saturated carbocycles. The highest BCUT2D eigenvalue weighted by molar-refractivity contribution is 5.80. The van der Waals surface area contributed by atoms with Crippen LogP contribution in [0.5, 0.6) is 5.75 Å². The number of carbonyl (C=O) groups is 1. The molecule has 2 rings (SSSR count). The number of methoxy groups -OCH3 is 2. The van der Waals surface area contributed by atoms with Gasteiger partial charge in [0.15, 0.2) is 0 Å². The Labute approximate surface area is 95.4 Å². The van der Waals surface area contributed by atoms with Gasteiger partial charge in [0, 0.05) is 0 Å². The first kappa shape index (κ1) is 11.0. The molecule has 3 heteroatoms. The van der Waals surface area contributed by atoms with E-state index in [1.54, 1.807) is 7.11 Å². The van der Waals surface area contributed by atoms with Crippen LogP contribution in [0.3, 0.4) is 0 Å². The maximum absolute atomic E-state index is 11.6. The van der Waals surface area contributed by atoms with E-state index in [4.69, 9.17) is 9.47 Å². The molecular formula is C13H16O3. The van der Waals surface area contributed by atoms with Crippen molar-refractivity contribution in [3.63, 3.8) is 0 Å². The Balaban J connectivity index is 2.18. The number of hydrogen-bond acceptors (Lipinski definition) is 3. The first-order chi connectivity index (χ1) is 7.72. The summed E-state index contributed by atoms with van der Waals surface area (Å²) in [6.45, 7) is 0. The number of ether oxygens (including phenoxy) is 2. The van der Waals surface area contributed by atoms with E-state index in [1.165, 1.54) is 7.11 Å². The first-order valence-corrected chi connectivity index (χ1v) is 5.42. The molecular weight excluding hydrogens is 204 g/mol. The lowest BCUT2D eigenvalue weighted by Crippen LogP contribution is -2.20. The lowest BCUT2D eigenvalue weighted by molar-refractivity contribution is -0.147. The van der Waals surface area contributed by atoms with E-state index < -0.39 is 0 Å². The zero-order chi connectivity index (χ0) is 11.6. The Morgan fingerprint density at radius 1 is 1.31 bits per heavy atom. The van der Waals surface area contributed by atoms with E-state index in [9.17, 15) is 4.79 Å². The van der Waals surface area contributed by atoms with Crippen molar-refractivity contribution in [3.05, 3.63) is 29.8 Å². The van der Waals surface area contributed by atoms with Crippen LogP contribution in [0.25, 0.3) is 0 Å². The molecule has 1 aromatic rings. The van der Waals surface area contributed by atoms with E-state index in [0.717, 1.165) is 24.2 Å². The highest BCUT2D eigenvalue weighted by atomic mass is 16.5. The summed E-state index contributed by atoms with van der Waals surface area (Å²) in [5.41, 5.74) is 0.788. The Morgan fingerprint density at radius 2 is 2.00 bits per heavy atom. The molecule has 0 radical (unpaired) electrons. The third kappa shape index (κ3) is 1.90. The third-order valence-corrected chi connectivity index (χ3v) is 3.19. The minimum absolute atomic E-state index is 0.0987. The number of hydrogen-bond donors (Lipinski definition) is 0. The monoisotopic (exact) mass is 220 g/mol. The van der Waals surface area contributed by atoms with Crippen molar-refractivity contribution in [2.75, 3.05) is 14.2 Å². The fourth-order valence-electron chi connectivity index (χ4n) is 2.03. The van der Waals surface area contributed by atoms with Crippen molar-refractivity contribution in [2.24, 2.45) is 5.41 Å². The van der Waals surface area contributed by atoms with Gasteiger partial charge >= 0.3 is 5.97 Å². The van der Waals surface area contributed by atoms with E-state index >= 15 is 0 Å². The molecule has 1 aliphatic carbocycles. The van der Waals surface area contributed by atoms with E-state index in [1.807, 2.05) is 24.3 Å². The fourth-order valence-corrected chi connectivity index (χ4v) is 2.03. The molecule has 0 unspecified atom stereocenters. The summed E-state index contributed by atoms with van der Waals surface area (Å²) >= 11 is 0. The molecule has 1 fully saturated rings. The zero-order valence-corrected chi connectivity index (χ0v) is 9.66. The summed E-state index contributed by atoms with van der Waals surface area (Å²) in [6.07, 6.45) is 2.54. The van der Waals surface area contributed by atoms with Crippen LogP contribution in [0.4, 0.5) is 0 Å². The summed E-state index contributed by atoms with van der Waals surface area (Å²) < 4.78 is 10.1. The maximum atomic E-state index is 11.6. The van der Waals surface area contributed by atoms with Gasteiger partial charge in [0.25, 0.3) is 0 Å². The summed E-state index contributed by atoms with van der Waals surface area (Å²) in [5.74, 6) is 0.746. The molecule has 0 heterocycles. The van der Waals surface area contributed by atoms with Crippen LogP contribution in [0, 0.1) is 5.41 Å². The molecule has 1 aromatic carbocycles. The van der Waals surface area contributed by atoms with Crippen LogP contribution in [-0.2, 0) is 16.0 Å². The van der Waals surface area contributed by atoms with Crippen molar-refractivity contribution in [2.45, 2.75) is 19.3 Å². The molecule has 16 heavy (non-hydrogen) atoms. The standard InChI is InChI=1S/C13H16O3/c1-15-11-6-4-3-5-10(11)9-13(7-8-13)12(14)16-2/h3-6H,7-9H2,1-2H3. The van der Waals surface area contributed by atoms with Crippen molar-refractivity contribution in [1.82, 2.24) is 0 Å².